The molecule has 0 spiro atoms. The summed E-state index contributed by atoms with van der Waals surface area (Å²) >= 11 is 0. The maximum atomic E-state index is 13.2. The van der Waals surface area contributed by atoms with Gasteiger partial charge in [-0.15, -0.1) is 0 Å². The number of carbonyl (C=O) groups is 5. The normalized spacial score (nSPS) is 13.0. The van der Waals surface area contributed by atoms with Crippen molar-refractivity contribution in [1.29, 1.82) is 0 Å². The van der Waals surface area contributed by atoms with Crippen LogP contribution in [-0.2, 0) is 28.7 Å². The molecule has 0 bridgehead atoms. The van der Waals surface area contributed by atoms with Crippen molar-refractivity contribution >= 4 is 29.7 Å². The predicted octanol–water partition coefficient (Wildman–Crippen LogP) is 10.8. The van der Waals surface area contributed by atoms with Gasteiger partial charge in [-0.2, -0.15) is 0 Å². The van der Waals surface area contributed by atoms with Crippen LogP contribution in [0, 0.1) is 5.92 Å². The van der Waals surface area contributed by atoms with E-state index in [0.29, 0.717) is 12.8 Å². The molecule has 10 heteroatoms. The minimum atomic E-state index is -1.39. The number of rotatable bonds is 39. The number of hydrogen-bond donors (Lipinski definition) is 4. The average molecular weight is 767 g/mol. The first-order chi connectivity index (χ1) is 26.0. The van der Waals surface area contributed by atoms with Crippen molar-refractivity contribution in [3.63, 3.8) is 0 Å². The van der Waals surface area contributed by atoms with Crippen molar-refractivity contribution in [2.75, 3.05) is 0 Å². The first-order valence-electron chi connectivity index (χ1n) is 22.3. The second-order valence-corrected chi connectivity index (χ2v) is 16.0. The number of ether oxygens (including phenoxy) is 1. The number of aliphatic carboxylic acids is 2. The van der Waals surface area contributed by atoms with Gasteiger partial charge in [0.1, 0.15) is 18.2 Å². The first kappa shape index (κ1) is 51.4. The summed E-state index contributed by atoms with van der Waals surface area (Å²) in [5, 5.41) is 23.5. The molecule has 0 rings (SSSR count). The summed E-state index contributed by atoms with van der Waals surface area (Å²) in [6.07, 6.45) is 31.3. The summed E-state index contributed by atoms with van der Waals surface area (Å²) in [6, 6.07) is -2.41. The highest BCUT2D eigenvalue weighted by molar-refractivity contribution is 5.91. The Balaban J connectivity index is 4.86. The number of carboxylic acid groups (broad SMARTS) is 2. The maximum absolute atomic E-state index is 13.2. The standard InChI is InChI=1S/C44H82N2O8/c1-5-7-9-11-13-15-17-19-21-23-25-27-29-31-37(54-41(50)32-30-28-26-24-22-20-18-16-14-12-10-8-6-2)35-39(47)46-42(36(3)4)43(51)45-38(44(52)53)33-34-40(48)49/h36-38,42H,5-35H2,1-4H3,(H,45,51)(H,46,47)(H,48,49)(H,52,53). The SMILES string of the molecule is CCCCCCCCCCCCCCCC(=O)OC(CCCCCCCCCCCCCCC)CC(=O)NC(C(=O)NC(CCC(=O)O)C(=O)O)C(C)C. The highest BCUT2D eigenvalue weighted by atomic mass is 16.5. The zero-order valence-corrected chi connectivity index (χ0v) is 35.1. The summed E-state index contributed by atoms with van der Waals surface area (Å²) in [4.78, 5) is 61.8. The van der Waals surface area contributed by atoms with E-state index in [-0.39, 0.29) is 24.7 Å². The van der Waals surface area contributed by atoms with Gasteiger partial charge in [-0.1, -0.05) is 182 Å². The topological polar surface area (TPSA) is 159 Å². The molecule has 0 aromatic rings. The van der Waals surface area contributed by atoms with Crippen LogP contribution in [0.25, 0.3) is 0 Å². The fourth-order valence-corrected chi connectivity index (χ4v) is 6.89. The molecule has 10 nitrogen and oxygen atoms in total. The van der Waals surface area contributed by atoms with Crippen molar-refractivity contribution in [2.45, 2.75) is 245 Å². The summed E-state index contributed by atoms with van der Waals surface area (Å²) < 4.78 is 5.85. The van der Waals surface area contributed by atoms with Crippen molar-refractivity contribution in [3.8, 4) is 0 Å². The Morgan fingerprint density at radius 1 is 0.519 bits per heavy atom. The van der Waals surface area contributed by atoms with E-state index in [1.165, 1.54) is 128 Å². The van der Waals surface area contributed by atoms with E-state index in [4.69, 9.17) is 9.84 Å². The molecule has 0 fully saturated rings. The molecule has 0 saturated carbocycles. The second-order valence-electron chi connectivity index (χ2n) is 16.0. The second kappa shape index (κ2) is 36.0. The van der Waals surface area contributed by atoms with E-state index in [9.17, 15) is 29.1 Å². The predicted molar refractivity (Wildman–Crippen MR) is 218 cm³/mol. The van der Waals surface area contributed by atoms with Gasteiger partial charge in [0, 0.05) is 12.8 Å². The van der Waals surface area contributed by atoms with E-state index in [1.54, 1.807) is 13.8 Å². The molecule has 0 aromatic carbocycles. The van der Waals surface area contributed by atoms with Crippen molar-refractivity contribution < 1.29 is 38.9 Å². The van der Waals surface area contributed by atoms with Gasteiger partial charge in [0.2, 0.25) is 11.8 Å². The zero-order valence-electron chi connectivity index (χ0n) is 35.1. The van der Waals surface area contributed by atoms with E-state index < -0.39 is 48.4 Å². The maximum Gasteiger partial charge on any atom is 0.326 e. The van der Waals surface area contributed by atoms with Gasteiger partial charge in [-0.3, -0.25) is 19.2 Å². The Morgan fingerprint density at radius 2 is 0.926 bits per heavy atom. The molecule has 4 N–H and O–H groups in total. The largest absolute Gasteiger partial charge is 0.481 e. The number of carbonyl (C=O) groups excluding carboxylic acids is 3. The lowest BCUT2D eigenvalue weighted by Crippen LogP contribution is -2.54. The van der Waals surface area contributed by atoms with Crippen LogP contribution in [0.1, 0.15) is 227 Å². The number of nitrogens with one attached hydrogen (secondary N) is 2. The Labute approximate surface area is 329 Å². The van der Waals surface area contributed by atoms with Crippen molar-refractivity contribution in [1.82, 2.24) is 10.6 Å². The zero-order chi connectivity index (χ0) is 40.2. The van der Waals surface area contributed by atoms with E-state index >= 15 is 0 Å². The van der Waals surface area contributed by atoms with E-state index in [1.807, 2.05) is 0 Å². The lowest BCUT2D eigenvalue weighted by atomic mass is 10.0. The molecule has 0 aromatic heterocycles. The van der Waals surface area contributed by atoms with Crippen molar-refractivity contribution in [3.05, 3.63) is 0 Å². The third kappa shape index (κ3) is 31.7. The number of hydrogen-bond acceptors (Lipinski definition) is 6. The number of unbranched alkanes of at least 4 members (excludes halogenated alkanes) is 24. The smallest absolute Gasteiger partial charge is 0.326 e. The molecular weight excluding hydrogens is 684 g/mol. The Bertz CT molecular complexity index is 972. The Hall–Kier alpha value is -2.65. The van der Waals surface area contributed by atoms with Gasteiger partial charge in [-0.25, -0.2) is 4.79 Å². The average Bonchev–Trinajstić information content (AvgIpc) is 3.12. The molecule has 2 amide bonds. The van der Waals surface area contributed by atoms with E-state index in [0.717, 1.165) is 38.5 Å². The summed E-state index contributed by atoms with van der Waals surface area (Å²) in [6.45, 7) is 7.96. The lowest BCUT2D eigenvalue weighted by Gasteiger charge is -2.25. The van der Waals surface area contributed by atoms with Gasteiger partial charge < -0.3 is 25.6 Å². The molecule has 0 heterocycles. The molecule has 0 aliphatic carbocycles. The van der Waals surface area contributed by atoms with Crippen LogP contribution < -0.4 is 10.6 Å². The van der Waals surface area contributed by atoms with Crippen LogP contribution in [-0.4, -0.2) is 58.1 Å². The lowest BCUT2D eigenvalue weighted by molar-refractivity contribution is -0.151. The molecule has 3 atom stereocenters. The van der Waals surface area contributed by atoms with Gasteiger partial charge in [0.25, 0.3) is 0 Å². The van der Waals surface area contributed by atoms with Crippen LogP contribution in [0.5, 0.6) is 0 Å². The third-order valence-electron chi connectivity index (χ3n) is 10.4. The van der Waals surface area contributed by atoms with Gasteiger partial charge >= 0.3 is 17.9 Å². The number of amides is 2. The molecule has 0 radical (unpaired) electrons. The molecular formula is C44H82N2O8. The minimum Gasteiger partial charge on any atom is -0.481 e. The fourth-order valence-electron chi connectivity index (χ4n) is 6.89. The summed E-state index contributed by atoms with van der Waals surface area (Å²) in [5.41, 5.74) is 0. The van der Waals surface area contributed by atoms with Crippen LogP contribution in [0.3, 0.4) is 0 Å². The quantitative estimate of drug-likeness (QED) is 0.0355. The third-order valence-corrected chi connectivity index (χ3v) is 10.4. The van der Waals surface area contributed by atoms with E-state index in [2.05, 4.69) is 24.5 Å². The molecule has 54 heavy (non-hydrogen) atoms. The molecule has 0 saturated heterocycles. The molecule has 0 aliphatic heterocycles. The summed E-state index contributed by atoms with van der Waals surface area (Å²) in [7, 11) is 0. The number of carboxylic acids is 2. The molecule has 316 valence electrons. The summed E-state index contributed by atoms with van der Waals surface area (Å²) in [5.74, 6) is -4.31. The molecule has 0 aliphatic rings. The van der Waals surface area contributed by atoms with Crippen molar-refractivity contribution in [2.24, 2.45) is 5.92 Å². The van der Waals surface area contributed by atoms with Crippen LogP contribution in [0.15, 0.2) is 0 Å². The molecule has 3 unspecified atom stereocenters. The Kier molecular flexibility index (Phi) is 34.2. The van der Waals surface area contributed by atoms with Gasteiger partial charge in [-0.05, 0) is 31.6 Å². The van der Waals surface area contributed by atoms with Crippen LogP contribution in [0.4, 0.5) is 0 Å². The highest BCUT2D eigenvalue weighted by Gasteiger charge is 2.30. The van der Waals surface area contributed by atoms with Crippen LogP contribution in [0.2, 0.25) is 0 Å². The van der Waals surface area contributed by atoms with Gasteiger partial charge in [0.15, 0.2) is 0 Å². The first-order valence-corrected chi connectivity index (χ1v) is 22.3. The monoisotopic (exact) mass is 767 g/mol. The Morgan fingerprint density at radius 3 is 1.31 bits per heavy atom. The fraction of sp³-hybridized carbons (Fsp3) is 0.886. The van der Waals surface area contributed by atoms with Crippen LogP contribution >= 0.6 is 0 Å². The highest BCUT2D eigenvalue weighted by Crippen LogP contribution is 2.18. The van der Waals surface area contributed by atoms with Gasteiger partial charge in [0.05, 0.1) is 6.42 Å². The number of esters is 1. The minimum absolute atomic E-state index is 0.0829.